The second-order valence-electron chi connectivity index (χ2n) is 8.23. The lowest BCUT2D eigenvalue weighted by molar-refractivity contribution is 0.793. The summed E-state index contributed by atoms with van der Waals surface area (Å²) in [6.45, 7) is 0. The van der Waals surface area contributed by atoms with Crippen LogP contribution in [0, 0.1) is 12.3 Å². The molecule has 2 aromatic heterocycles. The highest BCUT2D eigenvalue weighted by molar-refractivity contribution is 5.95. The molecule has 5 aromatic rings. The SMILES string of the molecule is C#Cc1cccc(-c2cc(=O)n(C)c3ccc([C@H](c4ccccc4)c4cncn4C)cc23)c1. The summed E-state index contributed by atoms with van der Waals surface area (Å²) in [6.07, 6.45) is 9.38. The van der Waals surface area contributed by atoms with Crippen LogP contribution in [-0.4, -0.2) is 14.1 Å². The molecule has 1 atom stereocenters. The third-order valence-electron chi connectivity index (χ3n) is 6.23. The molecule has 0 aliphatic rings. The Kier molecular flexibility index (Phi) is 5.16. The Bertz CT molecular complexity index is 1570. The van der Waals surface area contributed by atoms with Gasteiger partial charge in [-0.1, -0.05) is 54.5 Å². The van der Waals surface area contributed by atoms with E-state index in [1.807, 2.05) is 63.0 Å². The van der Waals surface area contributed by atoms with Crippen LogP contribution >= 0.6 is 0 Å². The summed E-state index contributed by atoms with van der Waals surface area (Å²) in [5, 5.41) is 1.01. The van der Waals surface area contributed by atoms with Gasteiger partial charge in [0.1, 0.15) is 0 Å². The van der Waals surface area contributed by atoms with Crippen molar-refractivity contribution in [3.63, 3.8) is 0 Å². The molecule has 0 radical (unpaired) electrons. The largest absolute Gasteiger partial charge is 0.337 e. The van der Waals surface area contributed by atoms with Gasteiger partial charge in [0.2, 0.25) is 0 Å². The number of nitrogens with zero attached hydrogens (tertiary/aromatic N) is 3. The van der Waals surface area contributed by atoms with Crippen molar-refractivity contribution in [2.75, 3.05) is 0 Å². The van der Waals surface area contributed by atoms with Gasteiger partial charge in [-0.3, -0.25) is 4.79 Å². The fourth-order valence-electron chi connectivity index (χ4n) is 4.50. The summed E-state index contributed by atoms with van der Waals surface area (Å²) in [6, 6.07) is 26.2. The molecule has 0 unspecified atom stereocenters. The van der Waals surface area contributed by atoms with Gasteiger partial charge in [0.15, 0.2) is 0 Å². The van der Waals surface area contributed by atoms with Crippen LogP contribution in [0.2, 0.25) is 0 Å². The first kappa shape index (κ1) is 20.5. The Morgan fingerprint density at radius 1 is 0.909 bits per heavy atom. The van der Waals surface area contributed by atoms with Crippen molar-refractivity contribution in [1.82, 2.24) is 14.1 Å². The van der Waals surface area contributed by atoms with Crippen molar-refractivity contribution in [2.24, 2.45) is 14.1 Å². The number of terminal acetylenes is 1. The van der Waals surface area contributed by atoms with Crippen LogP contribution < -0.4 is 5.56 Å². The number of fused-ring (bicyclic) bond motifs is 1. The number of hydrogen-bond donors (Lipinski definition) is 0. The summed E-state index contributed by atoms with van der Waals surface area (Å²) in [7, 11) is 3.82. The van der Waals surface area contributed by atoms with Crippen molar-refractivity contribution in [1.29, 1.82) is 0 Å². The third kappa shape index (κ3) is 3.64. The quantitative estimate of drug-likeness (QED) is 0.373. The molecule has 0 saturated carbocycles. The predicted octanol–water partition coefficient (Wildman–Crippen LogP) is 5.10. The maximum atomic E-state index is 12.8. The van der Waals surface area contributed by atoms with Gasteiger partial charge in [-0.05, 0) is 46.5 Å². The molecule has 0 N–H and O–H groups in total. The van der Waals surface area contributed by atoms with Crippen LogP contribution in [-0.2, 0) is 14.1 Å². The minimum atomic E-state index is -0.0531. The second-order valence-corrected chi connectivity index (χ2v) is 8.23. The van der Waals surface area contributed by atoms with Gasteiger partial charge in [-0.25, -0.2) is 4.98 Å². The molecule has 0 saturated heterocycles. The number of hydrogen-bond acceptors (Lipinski definition) is 2. The number of rotatable bonds is 4. The summed E-state index contributed by atoms with van der Waals surface area (Å²) in [4.78, 5) is 17.1. The van der Waals surface area contributed by atoms with E-state index >= 15 is 0 Å². The molecule has 0 spiro atoms. The molecule has 0 aliphatic carbocycles. The molecular weight excluding hydrogens is 406 g/mol. The van der Waals surface area contributed by atoms with E-state index in [1.165, 1.54) is 5.56 Å². The monoisotopic (exact) mass is 429 g/mol. The fraction of sp³-hybridized carbons (Fsp3) is 0.103. The minimum absolute atomic E-state index is 0.00484. The Morgan fingerprint density at radius 2 is 1.73 bits per heavy atom. The van der Waals surface area contributed by atoms with Crippen LogP contribution in [0.4, 0.5) is 0 Å². The highest BCUT2D eigenvalue weighted by Gasteiger charge is 2.21. The Morgan fingerprint density at radius 3 is 2.45 bits per heavy atom. The lowest BCUT2D eigenvalue weighted by Gasteiger charge is -2.20. The molecule has 0 bridgehead atoms. The Hall–Kier alpha value is -4.36. The first-order valence-electron chi connectivity index (χ1n) is 10.8. The van der Waals surface area contributed by atoms with Gasteiger partial charge in [0.25, 0.3) is 5.56 Å². The molecular formula is C29H23N3O. The zero-order valence-electron chi connectivity index (χ0n) is 18.6. The summed E-state index contributed by atoms with van der Waals surface area (Å²) in [5.74, 6) is 2.70. The molecule has 4 heteroatoms. The average molecular weight is 430 g/mol. The highest BCUT2D eigenvalue weighted by Crippen LogP contribution is 2.35. The predicted molar refractivity (Wildman–Crippen MR) is 133 cm³/mol. The van der Waals surface area contributed by atoms with Gasteiger partial charge in [0, 0.05) is 43.0 Å². The third-order valence-corrected chi connectivity index (χ3v) is 6.23. The molecule has 160 valence electrons. The first-order valence-corrected chi connectivity index (χ1v) is 10.8. The maximum absolute atomic E-state index is 12.8. The van der Waals surface area contributed by atoms with Gasteiger partial charge < -0.3 is 9.13 Å². The van der Waals surface area contributed by atoms with Crippen molar-refractivity contribution in [3.05, 3.63) is 124 Å². The summed E-state index contributed by atoms with van der Waals surface area (Å²) < 4.78 is 3.75. The Labute approximate surface area is 192 Å². The maximum Gasteiger partial charge on any atom is 0.251 e. The van der Waals surface area contributed by atoms with E-state index in [-0.39, 0.29) is 11.5 Å². The standard InChI is InChI=1S/C29H23N3O/c1-4-20-9-8-12-22(15-20)24-17-28(33)32(3)26-14-13-23(16-25(24)26)29(21-10-6-5-7-11-21)27-18-30-19-31(27)2/h1,5-19,29H,2-3H3/t29-/m0/s1. The van der Waals surface area contributed by atoms with E-state index < -0.39 is 0 Å². The van der Waals surface area contributed by atoms with E-state index in [2.05, 4.69) is 51.9 Å². The Balaban J connectivity index is 1.79. The molecule has 0 amide bonds. The van der Waals surface area contributed by atoms with E-state index in [1.54, 1.807) is 10.6 Å². The normalized spacial score (nSPS) is 11.9. The number of imidazole rings is 1. The fourth-order valence-corrected chi connectivity index (χ4v) is 4.50. The van der Waals surface area contributed by atoms with Crippen molar-refractivity contribution in [3.8, 4) is 23.5 Å². The van der Waals surface area contributed by atoms with Gasteiger partial charge in [-0.2, -0.15) is 0 Å². The molecule has 33 heavy (non-hydrogen) atoms. The summed E-state index contributed by atoms with van der Waals surface area (Å²) >= 11 is 0. The lowest BCUT2D eigenvalue weighted by atomic mass is 9.87. The van der Waals surface area contributed by atoms with E-state index in [4.69, 9.17) is 6.42 Å². The van der Waals surface area contributed by atoms with Crippen LogP contribution in [0.5, 0.6) is 0 Å². The zero-order valence-corrected chi connectivity index (χ0v) is 18.6. The number of benzene rings is 3. The van der Waals surface area contributed by atoms with Crippen LogP contribution in [0.25, 0.3) is 22.0 Å². The number of aromatic nitrogens is 3. The molecule has 5 rings (SSSR count). The number of pyridine rings is 1. The van der Waals surface area contributed by atoms with Crippen molar-refractivity contribution in [2.45, 2.75) is 5.92 Å². The minimum Gasteiger partial charge on any atom is -0.337 e. The van der Waals surface area contributed by atoms with E-state index in [0.29, 0.717) is 0 Å². The van der Waals surface area contributed by atoms with E-state index in [9.17, 15) is 4.79 Å². The zero-order chi connectivity index (χ0) is 22.9. The van der Waals surface area contributed by atoms with Gasteiger partial charge in [0.05, 0.1) is 17.8 Å². The molecule has 4 nitrogen and oxygen atoms in total. The van der Waals surface area contributed by atoms with Gasteiger partial charge in [-0.15, -0.1) is 6.42 Å². The van der Waals surface area contributed by atoms with Crippen LogP contribution in [0.1, 0.15) is 28.3 Å². The van der Waals surface area contributed by atoms with Crippen molar-refractivity contribution < 1.29 is 0 Å². The molecule has 0 fully saturated rings. The first-order chi connectivity index (χ1) is 16.1. The number of aryl methyl sites for hydroxylation is 2. The topological polar surface area (TPSA) is 39.8 Å². The smallest absolute Gasteiger partial charge is 0.251 e. The van der Waals surface area contributed by atoms with Crippen LogP contribution in [0.15, 0.2) is 96.2 Å². The molecule has 2 heterocycles. The molecule has 3 aromatic carbocycles. The van der Waals surface area contributed by atoms with E-state index in [0.717, 1.165) is 38.9 Å². The average Bonchev–Trinajstić information content (AvgIpc) is 3.27. The van der Waals surface area contributed by atoms with Gasteiger partial charge >= 0.3 is 0 Å². The lowest BCUT2D eigenvalue weighted by Crippen LogP contribution is -2.16. The molecule has 0 aliphatic heterocycles. The van der Waals surface area contributed by atoms with Crippen molar-refractivity contribution >= 4 is 10.9 Å². The second kappa shape index (κ2) is 8.29. The highest BCUT2D eigenvalue weighted by atomic mass is 16.1. The van der Waals surface area contributed by atoms with Crippen LogP contribution in [0.3, 0.4) is 0 Å². The summed E-state index contributed by atoms with van der Waals surface area (Å²) in [5.41, 5.74) is 6.83.